The zero-order valence-corrected chi connectivity index (χ0v) is 13.6. The van der Waals surface area contributed by atoms with Crippen molar-refractivity contribution in [3.8, 4) is 11.5 Å². The van der Waals surface area contributed by atoms with E-state index in [1.165, 1.54) is 0 Å². The van der Waals surface area contributed by atoms with Crippen molar-refractivity contribution in [3.05, 3.63) is 36.4 Å². The molecule has 1 unspecified atom stereocenters. The summed E-state index contributed by atoms with van der Waals surface area (Å²) in [4.78, 5) is 13.0. The van der Waals surface area contributed by atoms with Crippen LogP contribution in [0.4, 0.5) is 4.79 Å². The van der Waals surface area contributed by atoms with Gasteiger partial charge in [-0.2, -0.15) is 0 Å². The van der Waals surface area contributed by atoms with Crippen LogP contribution in [0.25, 0.3) is 10.8 Å². The Bertz CT molecular complexity index is 761. The molecule has 1 amide bonds. The van der Waals surface area contributed by atoms with Gasteiger partial charge in [0, 0.05) is 24.9 Å². The van der Waals surface area contributed by atoms with E-state index in [1.54, 1.807) is 12.0 Å². The maximum atomic E-state index is 11.4. The van der Waals surface area contributed by atoms with Gasteiger partial charge in [-0.05, 0) is 47.9 Å². The summed E-state index contributed by atoms with van der Waals surface area (Å²) in [5.74, 6) is 1.69. The summed E-state index contributed by atoms with van der Waals surface area (Å²) in [6.45, 7) is 0. The van der Waals surface area contributed by atoms with Gasteiger partial charge in [0.05, 0.1) is 7.11 Å². The third kappa shape index (κ3) is 2.64. The summed E-state index contributed by atoms with van der Waals surface area (Å²) in [7, 11) is 1.66. The zero-order chi connectivity index (χ0) is 16.7. The second-order valence-corrected chi connectivity index (χ2v) is 6.66. The van der Waals surface area contributed by atoms with Crippen molar-refractivity contribution in [1.82, 2.24) is 4.90 Å². The van der Waals surface area contributed by atoms with Crippen LogP contribution >= 0.6 is 0 Å². The highest BCUT2D eigenvalue weighted by Gasteiger charge is 2.44. The Balaban J connectivity index is 1.50. The minimum absolute atomic E-state index is 0.0915. The number of hydrogen-bond donors (Lipinski definition) is 1. The molecule has 0 saturated carbocycles. The molecular formula is C19H21NO4. The number of rotatable bonds is 3. The summed E-state index contributed by atoms with van der Waals surface area (Å²) in [6, 6.07) is 12.2. The molecular weight excluding hydrogens is 306 g/mol. The molecule has 2 aliphatic rings. The molecule has 2 aliphatic heterocycles. The largest absolute Gasteiger partial charge is 0.497 e. The molecule has 2 fully saturated rings. The zero-order valence-electron chi connectivity index (χ0n) is 13.6. The van der Waals surface area contributed by atoms with Gasteiger partial charge < -0.3 is 19.5 Å². The quantitative estimate of drug-likeness (QED) is 0.929. The first-order valence-corrected chi connectivity index (χ1v) is 8.40. The topological polar surface area (TPSA) is 59.0 Å². The fourth-order valence-corrected chi connectivity index (χ4v) is 4.13. The second-order valence-electron chi connectivity index (χ2n) is 6.66. The number of amides is 1. The highest BCUT2D eigenvalue weighted by atomic mass is 16.5. The molecule has 24 heavy (non-hydrogen) atoms. The van der Waals surface area contributed by atoms with E-state index in [9.17, 15) is 9.90 Å². The molecule has 0 radical (unpaired) electrons. The van der Waals surface area contributed by atoms with E-state index in [0.717, 1.165) is 48.0 Å². The lowest BCUT2D eigenvalue weighted by atomic mass is 10.00. The molecule has 2 heterocycles. The van der Waals surface area contributed by atoms with E-state index < -0.39 is 6.09 Å². The van der Waals surface area contributed by atoms with E-state index in [-0.39, 0.29) is 18.2 Å². The third-order valence-corrected chi connectivity index (χ3v) is 5.23. The van der Waals surface area contributed by atoms with Gasteiger partial charge in [0.1, 0.15) is 17.6 Å². The van der Waals surface area contributed by atoms with Crippen LogP contribution < -0.4 is 9.47 Å². The van der Waals surface area contributed by atoms with E-state index in [4.69, 9.17) is 9.47 Å². The molecule has 5 nitrogen and oxygen atoms in total. The standard InChI is InChI=1S/C19H21NO4/c1-23-16-6-2-13-9-17(7-3-12(13)8-16)24-18-10-14-4-5-15(11-18)20(14)19(21)22/h2-3,6-9,14-15,18H,4-5,10-11H2,1H3,(H,21,22)/t14-,15+,18?. The highest BCUT2D eigenvalue weighted by Crippen LogP contribution is 2.37. The van der Waals surface area contributed by atoms with Crippen molar-refractivity contribution < 1.29 is 19.4 Å². The molecule has 3 atom stereocenters. The van der Waals surface area contributed by atoms with Gasteiger partial charge >= 0.3 is 6.09 Å². The first-order valence-electron chi connectivity index (χ1n) is 8.40. The Hall–Kier alpha value is -2.43. The minimum atomic E-state index is -0.791. The van der Waals surface area contributed by atoms with Gasteiger partial charge in [-0.15, -0.1) is 0 Å². The SMILES string of the molecule is COc1ccc2cc(OC3C[C@H]4CC[C@@H](C3)N4C(=O)O)ccc2c1. The summed E-state index contributed by atoms with van der Waals surface area (Å²) < 4.78 is 11.4. The first kappa shape index (κ1) is 15.1. The van der Waals surface area contributed by atoms with Gasteiger partial charge in [0.15, 0.2) is 0 Å². The average molecular weight is 327 g/mol. The van der Waals surface area contributed by atoms with Crippen molar-refractivity contribution in [2.75, 3.05) is 7.11 Å². The number of piperidine rings is 1. The number of carboxylic acid groups (broad SMARTS) is 1. The van der Waals surface area contributed by atoms with Gasteiger partial charge in [0.2, 0.25) is 0 Å². The fraction of sp³-hybridized carbons (Fsp3) is 0.421. The first-order chi connectivity index (χ1) is 11.6. The summed E-state index contributed by atoms with van der Waals surface area (Å²) in [5, 5.41) is 11.6. The smallest absolute Gasteiger partial charge is 0.407 e. The molecule has 4 rings (SSSR count). The van der Waals surface area contributed by atoms with Crippen molar-refractivity contribution in [1.29, 1.82) is 0 Å². The lowest BCUT2D eigenvalue weighted by molar-refractivity contribution is 0.0496. The molecule has 5 heteroatoms. The summed E-state index contributed by atoms with van der Waals surface area (Å²) in [5.41, 5.74) is 0. The minimum Gasteiger partial charge on any atom is -0.497 e. The van der Waals surface area contributed by atoms with Crippen LogP contribution in [-0.2, 0) is 0 Å². The average Bonchev–Trinajstić information content (AvgIpc) is 2.86. The molecule has 2 aromatic carbocycles. The molecule has 126 valence electrons. The number of benzene rings is 2. The molecule has 2 bridgehead atoms. The molecule has 2 saturated heterocycles. The predicted octanol–water partition coefficient (Wildman–Crippen LogP) is 3.90. The Morgan fingerprint density at radius 2 is 1.62 bits per heavy atom. The van der Waals surface area contributed by atoms with Crippen LogP contribution in [0.5, 0.6) is 11.5 Å². The highest BCUT2D eigenvalue weighted by molar-refractivity contribution is 5.85. The fourth-order valence-electron chi connectivity index (χ4n) is 4.13. The lowest BCUT2D eigenvalue weighted by Gasteiger charge is -2.37. The molecule has 0 spiro atoms. The van der Waals surface area contributed by atoms with E-state index in [2.05, 4.69) is 0 Å². The Labute approximate surface area is 140 Å². The Morgan fingerprint density at radius 1 is 1.04 bits per heavy atom. The maximum absolute atomic E-state index is 11.4. The van der Waals surface area contributed by atoms with Gasteiger partial charge in [0.25, 0.3) is 0 Å². The monoisotopic (exact) mass is 327 g/mol. The van der Waals surface area contributed by atoms with Crippen LogP contribution in [0.2, 0.25) is 0 Å². The Kier molecular flexibility index (Phi) is 3.71. The van der Waals surface area contributed by atoms with Crippen molar-refractivity contribution >= 4 is 16.9 Å². The van der Waals surface area contributed by atoms with Crippen molar-refractivity contribution in [2.24, 2.45) is 0 Å². The van der Waals surface area contributed by atoms with Gasteiger partial charge in [-0.1, -0.05) is 12.1 Å². The second kappa shape index (κ2) is 5.89. The van der Waals surface area contributed by atoms with Crippen LogP contribution in [-0.4, -0.2) is 41.4 Å². The number of nitrogens with zero attached hydrogens (tertiary/aromatic N) is 1. The lowest BCUT2D eigenvalue weighted by Crippen LogP contribution is -2.48. The third-order valence-electron chi connectivity index (χ3n) is 5.23. The maximum Gasteiger partial charge on any atom is 0.407 e. The van der Waals surface area contributed by atoms with Crippen LogP contribution in [0.1, 0.15) is 25.7 Å². The number of carbonyl (C=O) groups is 1. The molecule has 1 N–H and O–H groups in total. The van der Waals surface area contributed by atoms with Crippen LogP contribution in [0.15, 0.2) is 36.4 Å². The predicted molar refractivity (Wildman–Crippen MR) is 90.8 cm³/mol. The number of fused-ring (bicyclic) bond motifs is 3. The summed E-state index contributed by atoms with van der Waals surface area (Å²) in [6.07, 6.45) is 2.77. The van der Waals surface area contributed by atoms with Crippen LogP contribution in [0, 0.1) is 0 Å². The number of hydrogen-bond acceptors (Lipinski definition) is 3. The summed E-state index contributed by atoms with van der Waals surface area (Å²) >= 11 is 0. The van der Waals surface area contributed by atoms with Crippen molar-refractivity contribution in [2.45, 2.75) is 43.9 Å². The molecule has 0 aliphatic carbocycles. The van der Waals surface area contributed by atoms with E-state index >= 15 is 0 Å². The van der Waals surface area contributed by atoms with Gasteiger partial charge in [-0.3, -0.25) is 0 Å². The number of methoxy groups -OCH3 is 1. The number of ether oxygens (including phenoxy) is 2. The van der Waals surface area contributed by atoms with Crippen LogP contribution in [0.3, 0.4) is 0 Å². The normalized spacial score (nSPS) is 25.7. The Morgan fingerprint density at radius 3 is 2.21 bits per heavy atom. The molecule has 2 aromatic rings. The van der Waals surface area contributed by atoms with Gasteiger partial charge in [-0.25, -0.2) is 4.79 Å². The van der Waals surface area contributed by atoms with Crippen molar-refractivity contribution in [3.63, 3.8) is 0 Å². The van der Waals surface area contributed by atoms with E-state index in [0.29, 0.717) is 0 Å². The van der Waals surface area contributed by atoms with E-state index in [1.807, 2.05) is 36.4 Å². The molecule has 0 aromatic heterocycles.